The van der Waals surface area contributed by atoms with Crippen LogP contribution in [0, 0.1) is 12.8 Å². The van der Waals surface area contributed by atoms with Crippen molar-refractivity contribution in [1.82, 2.24) is 15.1 Å². The van der Waals surface area contributed by atoms with E-state index < -0.39 is 0 Å². The largest absolute Gasteiger partial charge is 0.356 e. The standard InChI is InChI=1S/C18H30N4/c1-5-22-11-10-17(14-22)12-20-18(19-3)21(4)13-16-8-6-15(2)7-9-16/h6-9,17H,5,10-14H2,1-4H3,(H,19,20). The van der Waals surface area contributed by atoms with Crippen LogP contribution in [0.15, 0.2) is 29.3 Å². The van der Waals surface area contributed by atoms with Crippen molar-refractivity contribution in [1.29, 1.82) is 0 Å². The van der Waals surface area contributed by atoms with E-state index in [2.05, 4.69) is 65.3 Å². The lowest BCUT2D eigenvalue weighted by atomic mass is 10.1. The Morgan fingerprint density at radius 2 is 2.09 bits per heavy atom. The fraction of sp³-hybridized carbons (Fsp3) is 0.611. The molecule has 1 heterocycles. The number of hydrogen-bond donors (Lipinski definition) is 1. The first kappa shape index (κ1) is 16.8. The molecule has 0 radical (unpaired) electrons. The van der Waals surface area contributed by atoms with Gasteiger partial charge in [0.15, 0.2) is 5.96 Å². The molecule has 2 rings (SSSR count). The normalized spacial score (nSPS) is 19.5. The van der Waals surface area contributed by atoms with E-state index in [9.17, 15) is 0 Å². The Bertz CT molecular complexity index is 480. The highest BCUT2D eigenvalue weighted by Gasteiger charge is 2.21. The minimum Gasteiger partial charge on any atom is -0.356 e. The van der Waals surface area contributed by atoms with Gasteiger partial charge in [-0.2, -0.15) is 0 Å². The van der Waals surface area contributed by atoms with Crippen LogP contribution in [0.1, 0.15) is 24.5 Å². The second-order valence-corrected chi connectivity index (χ2v) is 6.32. The molecule has 0 amide bonds. The number of likely N-dealkylation sites (tertiary alicyclic amines) is 1. The maximum Gasteiger partial charge on any atom is 0.193 e. The van der Waals surface area contributed by atoms with Gasteiger partial charge in [-0.05, 0) is 37.9 Å². The molecule has 1 aliphatic heterocycles. The van der Waals surface area contributed by atoms with Crippen LogP contribution in [0.2, 0.25) is 0 Å². The lowest BCUT2D eigenvalue weighted by molar-refractivity contribution is 0.340. The molecule has 1 N–H and O–H groups in total. The summed E-state index contributed by atoms with van der Waals surface area (Å²) in [5.74, 6) is 1.72. The average molecular weight is 302 g/mol. The summed E-state index contributed by atoms with van der Waals surface area (Å²) in [7, 11) is 3.96. The Kier molecular flexibility index (Phi) is 6.25. The van der Waals surface area contributed by atoms with Crippen LogP contribution in [-0.4, -0.2) is 56.0 Å². The molecule has 1 fully saturated rings. The number of guanidine groups is 1. The molecule has 1 aliphatic rings. The summed E-state index contributed by atoms with van der Waals surface area (Å²) in [6.07, 6.45) is 1.29. The van der Waals surface area contributed by atoms with Gasteiger partial charge < -0.3 is 15.1 Å². The third-order valence-electron chi connectivity index (χ3n) is 4.48. The SMILES string of the molecule is CCN1CCC(CNC(=NC)N(C)Cc2ccc(C)cc2)C1. The molecule has 122 valence electrons. The van der Waals surface area contributed by atoms with Gasteiger partial charge in [0, 0.05) is 33.7 Å². The van der Waals surface area contributed by atoms with Gasteiger partial charge in [-0.1, -0.05) is 36.8 Å². The van der Waals surface area contributed by atoms with Gasteiger partial charge in [0.05, 0.1) is 0 Å². The Balaban J connectivity index is 1.82. The summed E-state index contributed by atoms with van der Waals surface area (Å²) in [5, 5.41) is 3.54. The number of benzene rings is 1. The van der Waals surface area contributed by atoms with Crippen LogP contribution in [0.4, 0.5) is 0 Å². The highest BCUT2D eigenvalue weighted by Crippen LogP contribution is 2.14. The monoisotopic (exact) mass is 302 g/mol. The minimum atomic E-state index is 0.740. The molecule has 0 aromatic heterocycles. The number of nitrogens with zero attached hydrogens (tertiary/aromatic N) is 3. The van der Waals surface area contributed by atoms with Crippen molar-refractivity contribution in [3.63, 3.8) is 0 Å². The van der Waals surface area contributed by atoms with E-state index in [4.69, 9.17) is 0 Å². The molecular formula is C18H30N4. The van der Waals surface area contributed by atoms with E-state index in [1.54, 1.807) is 0 Å². The topological polar surface area (TPSA) is 30.9 Å². The third-order valence-corrected chi connectivity index (χ3v) is 4.48. The average Bonchev–Trinajstić information content (AvgIpc) is 2.98. The van der Waals surface area contributed by atoms with Crippen LogP contribution in [0.3, 0.4) is 0 Å². The predicted molar refractivity (Wildman–Crippen MR) is 94.2 cm³/mol. The molecule has 1 aromatic carbocycles. The maximum absolute atomic E-state index is 4.42. The quantitative estimate of drug-likeness (QED) is 0.669. The predicted octanol–water partition coefficient (Wildman–Crippen LogP) is 2.34. The smallest absolute Gasteiger partial charge is 0.193 e. The molecular weight excluding hydrogens is 272 g/mol. The molecule has 1 saturated heterocycles. The number of aliphatic imine (C=N–C) groups is 1. The van der Waals surface area contributed by atoms with Crippen molar-refractivity contribution in [3.05, 3.63) is 35.4 Å². The van der Waals surface area contributed by atoms with E-state index >= 15 is 0 Å². The molecule has 4 nitrogen and oxygen atoms in total. The minimum absolute atomic E-state index is 0.740. The maximum atomic E-state index is 4.42. The number of hydrogen-bond acceptors (Lipinski definition) is 2. The highest BCUT2D eigenvalue weighted by molar-refractivity contribution is 5.79. The highest BCUT2D eigenvalue weighted by atomic mass is 15.3. The van der Waals surface area contributed by atoms with Gasteiger partial charge in [0.25, 0.3) is 0 Å². The Morgan fingerprint density at radius 1 is 1.36 bits per heavy atom. The lowest BCUT2D eigenvalue weighted by Crippen LogP contribution is -2.41. The molecule has 0 bridgehead atoms. The second kappa shape index (κ2) is 8.18. The fourth-order valence-corrected chi connectivity index (χ4v) is 3.03. The molecule has 0 aliphatic carbocycles. The van der Waals surface area contributed by atoms with E-state index in [-0.39, 0.29) is 0 Å². The zero-order chi connectivity index (χ0) is 15.9. The van der Waals surface area contributed by atoms with Crippen molar-refractivity contribution in [2.75, 3.05) is 40.3 Å². The van der Waals surface area contributed by atoms with Gasteiger partial charge in [-0.15, -0.1) is 0 Å². The van der Waals surface area contributed by atoms with Gasteiger partial charge in [0.1, 0.15) is 0 Å². The van der Waals surface area contributed by atoms with Crippen molar-refractivity contribution in [2.24, 2.45) is 10.9 Å². The summed E-state index contributed by atoms with van der Waals surface area (Å²) in [5.41, 5.74) is 2.62. The summed E-state index contributed by atoms with van der Waals surface area (Å²) in [6.45, 7) is 9.87. The van der Waals surface area contributed by atoms with Crippen LogP contribution in [-0.2, 0) is 6.54 Å². The first-order chi connectivity index (χ1) is 10.6. The van der Waals surface area contributed by atoms with Gasteiger partial charge in [0.2, 0.25) is 0 Å². The molecule has 22 heavy (non-hydrogen) atoms. The van der Waals surface area contributed by atoms with Crippen LogP contribution >= 0.6 is 0 Å². The Morgan fingerprint density at radius 3 is 2.68 bits per heavy atom. The number of nitrogens with one attached hydrogen (secondary N) is 1. The molecule has 0 saturated carbocycles. The number of aryl methyl sites for hydroxylation is 1. The molecule has 0 spiro atoms. The zero-order valence-corrected chi connectivity index (χ0v) is 14.5. The van der Waals surface area contributed by atoms with E-state index in [1.165, 1.54) is 37.2 Å². The summed E-state index contributed by atoms with van der Waals surface area (Å²) in [4.78, 5) is 9.13. The van der Waals surface area contributed by atoms with E-state index in [0.29, 0.717) is 0 Å². The summed E-state index contributed by atoms with van der Waals surface area (Å²) >= 11 is 0. The second-order valence-electron chi connectivity index (χ2n) is 6.32. The molecule has 4 heteroatoms. The zero-order valence-electron chi connectivity index (χ0n) is 14.5. The first-order valence-electron chi connectivity index (χ1n) is 8.32. The van der Waals surface area contributed by atoms with Crippen LogP contribution in [0.25, 0.3) is 0 Å². The van der Waals surface area contributed by atoms with Gasteiger partial charge >= 0.3 is 0 Å². The van der Waals surface area contributed by atoms with Crippen molar-refractivity contribution < 1.29 is 0 Å². The van der Waals surface area contributed by atoms with Crippen molar-refractivity contribution in [2.45, 2.75) is 26.8 Å². The van der Waals surface area contributed by atoms with Crippen LogP contribution in [0.5, 0.6) is 0 Å². The first-order valence-corrected chi connectivity index (χ1v) is 8.32. The van der Waals surface area contributed by atoms with Crippen LogP contribution < -0.4 is 5.32 Å². The van der Waals surface area contributed by atoms with Crippen molar-refractivity contribution >= 4 is 5.96 Å². The molecule has 1 aromatic rings. The van der Waals surface area contributed by atoms with Crippen molar-refractivity contribution in [3.8, 4) is 0 Å². The third kappa shape index (κ3) is 4.73. The van der Waals surface area contributed by atoms with E-state index in [0.717, 1.165) is 25.0 Å². The molecule has 1 unspecified atom stereocenters. The Labute approximate surface area is 135 Å². The Hall–Kier alpha value is -1.55. The van der Waals surface area contributed by atoms with Gasteiger partial charge in [-0.25, -0.2) is 0 Å². The summed E-state index contributed by atoms with van der Waals surface area (Å²) < 4.78 is 0. The lowest BCUT2D eigenvalue weighted by Gasteiger charge is -2.23. The fourth-order valence-electron chi connectivity index (χ4n) is 3.03. The van der Waals surface area contributed by atoms with E-state index in [1.807, 2.05) is 7.05 Å². The number of rotatable bonds is 5. The molecule has 1 atom stereocenters. The van der Waals surface area contributed by atoms with Gasteiger partial charge in [-0.3, -0.25) is 4.99 Å². The summed E-state index contributed by atoms with van der Waals surface area (Å²) in [6, 6.07) is 8.71.